The second-order valence-corrected chi connectivity index (χ2v) is 8.05. The topological polar surface area (TPSA) is 74.8 Å². The van der Waals surface area contributed by atoms with E-state index in [9.17, 15) is 9.59 Å². The summed E-state index contributed by atoms with van der Waals surface area (Å²) in [5.74, 6) is 1.28. The van der Waals surface area contributed by atoms with Crippen LogP contribution in [0.1, 0.15) is 35.3 Å². The van der Waals surface area contributed by atoms with Crippen LogP contribution in [-0.2, 0) is 11.4 Å². The largest absolute Gasteiger partial charge is 0.487 e. The van der Waals surface area contributed by atoms with E-state index in [0.717, 1.165) is 22.7 Å². The van der Waals surface area contributed by atoms with Gasteiger partial charge in [0.2, 0.25) is 5.91 Å². The number of piperazine rings is 1. The first-order chi connectivity index (χ1) is 17.1. The average molecular weight is 475 g/mol. The molecule has 2 aromatic carbocycles. The van der Waals surface area contributed by atoms with Crippen LogP contribution in [0.15, 0.2) is 72.9 Å². The highest BCUT2D eigenvalue weighted by molar-refractivity contribution is 5.96. The minimum atomic E-state index is -0.232. The summed E-state index contributed by atoms with van der Waals surface area (Å²) in [6.45, 7) is 8.99. The number of benzene rings is 2. The molecule has 1 aromatic heterocycles. The first-order valence-electron chi connectivity index (χ1n) is 12.1. The van der Waals surface area contributed by atoms with Crippen molar-refractivity contribution < 1.29 is 14.3 Å². The molecule has 2 amide bonds. The van der Waals surface area contributed by atoms with Gasteiger partial charge in [0.05, 0.1) is 12.7 Å². The Labute approximate surface area is 207 Å². The number of nitrogens with zero attached hydrogens (tertiary/aromatic N) is 3. The van der Waals surface area contributed by atoms with E-state index in [-0.39, 0.29) is 18.4 Å². The van der Waals surface area contributed by atoms with Crippen LogP contribution in [-0.4, -0.2) is 54.4 Å². The maximum atomic E-state index is 12.5. The van der Waals surface area contributed by atoms with Gasteiger partial charge < -0.3 is 19.9 Å². The number of aryl methyl sites for hydroxylation is 1. The number of hydrogen-bond donors (Lipinski definition) is 1. The number of amides is 2. The maximum absolute atomic E-state index is 12.5. The minimum Gasteiger partial charge on any atom is -0.487 e. The number of ether oxygens (including phenoxy) is 1. The maximum Gasteiger partial charge on any atom is 0.251 e. The van der Waals surface area contributed by atoms with Crippen LogP contribution in [0.4, 0.5) is 5.82 Å². The lowest BCUT2D eigenvalue weighted by molar-refractivity contribution is -0.130. The molecular formula is C28H34N4O3. The molecule has 7 nitrogen and oxygen atoms in total. The summed E-state index contributed by atoms with van der Waals surface area (Å²) < 4.78 is 5.80. The normalized spacial score (nSPS) is 12.9. The highest BCUT2D eigenvalue weighted by Gasteiger charge is 2.22. The van der Waals surface area contributed by atoms with Crippen molar-refractivity contribution >= 4 is 17.6 Å². The smallest absolute Gasteiger partial charge is 0.251 e. The number of aromatic nitrogens is 1. The van der Waals surface area contributed by atoms with Gasteiger partial charge in [-0.15, -0.1) is 0 Å². The molecule has 1 fully saturated rings. The van der Waals surface area contributed by atoms with Gasteiger partial charge in [-0.1, -0.05) is 61.9 Å². The number of carbonyl (C=O) groups excluding carboxylic acids is 2. The lowest BCUT2D eigenvalue weighted by atomic mass is 10.1. The Hall–Kier alpha value is -3.87. The third-order valence-corrected chi connectivity index (χ3v) is 5.61. The molecule has 0 spiro atoms. The highest BCUT2D eigenvalue weighted by atomic mass is 16.5. The molecule has 0 bridgehead atoms. The van der Waals surface area contributed by atoms with Crippen molar-refractivity contribution in [2.24, 2.45) is 0 Å². The Bertz CT molecular complexity index is 1080. The molecule has 1 aliphatic rings. The predicted octanol–water partition coefficient (Wildman–Crippen LogP) is 4.07. The molecule has 1 saturated heterocycles. The number of anilines is 1. The SMILES string of the molecule is CC.Cc1cccc(C(=O)NCC(=O)N2CCN(c3ccc(OCc4ccccc4)cn3)CC2)c1. The van der Waals surface area contributed by atoms with Crippen molar-refractivity contribution in [2.45, 2.75) is 27.4 Å². The van der Waals surface area contributed by atoms with Crippen LogP contribution in [0, 0.1) is 6.92 Å². The monoisotopic (exact) mass is 474 g/mol. The predicted molar refractivity (Wildman–Crippen MR) is 139 cm³/mol. The zero-order chi connectivity index (χ0) is 25.0. The number of carbonyl (C=O) groups is 2. The van der Waals surface area contributed by atoms with Crippen LogP contribution in [0.2, 0.25) is 0 Å². The Balaban J connectivity index is 0.00000167. The third kappa shape index (κ3) is 7.57. The quantitative estimate of drug-likeness (QED) is 0.559. The first-order valence-corrected chi connectivity index (χ1v) is 12.1. The summed E-state index contributed by atoms with van der Waals surface area (Å²) >= 11 is 0. The lowest BCUT2D eigenvalue weighted by Crippen LogP contribution is -2.51. The molecule has 0 unspecified atom stereocenters. The van der Waals surface area contributed by atoms with Gasteiger partial charge in [0, 0.05) is 31.7 Å². The number of hydrogen-bond acceptors (Lipinski definition) is 5. The first kappa shape index (κ1) is 25.7. The van der Waals surface area contributed by atoms with E-state index in [1.54, 1.807) is 17.2 Å². The van der Waals surface area contributed by atoms with Gasteiger partial charge in [-0.2, -0.15) is 0 Å². The Morgan fingerprint density at radius 2 is 1.69 bits per heavy atom. The van der Waals surface area contributed by atoms with E-state index in [1.165, 1.54) is 0 Å². The van der Waals surface area contributed by atoms with Crippen LogP contribution < -0.4 is 15.0 Å². The summed E-state index contributed by atoms with van der Waals surface area (Å²) in [7, 11) is 0. The van der Waals surface area contributed by atoms with E-state index in [1.807, 2.05) is 81.4 Å². The van der Waals surface area contributed by atoms with Crippen LogP contribution in [0.5, 0.6) is 5.75 Å². The standard InChI is InChI=1S/C26H28N4O3.C2H6/c1-20-6-5-9-22(16-20)26(32)28-18-25(31)30-14-12-29(13-15-30)24-11-10-23(17-27-24)33-19-21-7-3-2-4-8-21;1-2/h2-11,16-17H,12-15,18-19H2,1H3,(H,28,32);1-2H3. The van der Waals surface area contributed by atoms with Gasteiger partial charge in [-0.3, -0.25) is 9.59 Å². The molecular weight excluding hydrogens is 440 g/mol. The van der Waals surface area contributed by atoms with Crippen LogP contribution in [0.3, 0.4) is 0 Å². The highest BCUT2D eigenvalue weighted by Crippen LogP contribution is 2.18. The van der Waals surface area contributed by atoms with E-state index >= 15 is 0 Å². The van der Waals surface area contributed by atoms with Crippen molar-refractivity contribution in [2.75, 3.05) is 37.6 Å². The van der Waals surface area contributed by atoms with Gasteiger partial charge >= 0.3 is 0 Å². The summed E-state index contributed by atoms with van der Waals surface area (Å²) in [5, 5.41) is 2.73. The van der Waals surface area contributed by atoms with Gasteiger partial charge in [-0.25, -0.2) is 4.98 Å². The fourth-order valence-electron chi connectivity index (χ4n) is 3.73. The van der Waals surface area contributed by atoms with Crippen molar-refractivity contribution in [3.05, 3.63) is 89.6 Å². The number of rotatable bonds is 7. The van der Waals surface area contributed by atoms with Crippen molar-refractivity contribution in [1.29, 1.82) is 0 Å². The molecule has 1 aliphatic heterocycles. The Morgan fingerprint density at radius 1 is 0.943 bits per heavy atom. The molecule has 3 aromatic rings. The van der Waals surface area contributed by atoms with E-state index < -0.39 is 0 Å². The average Bonchev–Trinajstić information content (AvgIpc) is 2.92. The molecule has 4 rings (SSSR count). The Morgan fingerprint density at radius 3 is 2.34 bits per heavy atom. The molecule has 184 valence electrons. The fourth-order valence-corrected chi connectivity index (χ4v) is 3.73. The van der Waals surface area contributed by atoms with Gasteiger partial charge in [0.25, 0.3) is 5.91 Å². The van der Waals surface area contributed by atoms with Crippen LogP contribution in [0.25, 0.3) is 0 Å². The van der Waals surface area contributed by atoms with E-state index in [4.69, 9.17) is 4.74 Å². The minimum absolute atomic E-state index is 0.00151. The van der Waals surface area contributed by atoms with Crippen molar-refractivity contribution in [3.63, 3.8) is 0 Å². The van der Waals surface area contributed by atoms with Crippen molar-refractivity contribution in [1.82, 2.24) is 15.2 Å². The summed E-state index contributed by atoms with van der Waals surface area (Å²) in [4.78, 5) is 33.3. The van der Waals surface area contributed by atoms with Gasteiger partial charge in [-0.05, 0) is 36.8 Å². The zero-order valence-corrected chi connectivity index (χ0v) is 20.7. The lowest BCUT2D eigenvalue weighted by Gasteiger charge is -2.35. The molecule has 0 saturated carbocycles. The number of pyridine rings is 1. The molecule has 0 radical (unpaired) electrons. The second kappa shape index (κ2) is 13.1. The summed E-state index contributed by atoms with van der Waals surface area (Å²) in [6.07, 6.45) is 1.73. The van der Waals surface area contributed by atoms with Crippen LogP contribution >= 0.6 is 0 Å². The van der Waals surface area contributed by atoms with Gasteiger partial charge in [0.1, 0.15) is 18.2 Å². The molecule has 35 heavy (non-hydrogen) atoms. The molecule has 1 N–H and O–H groups in total. The fraction of sp³-hybridized carbons (Fsp3) is 0.321. The second-order valence-electron chi connectivity index (χ2n) is 8.05. The third-order valence-electron chi connectivity index (χ3n) is 5.61. The summed E-state index contributed by atoms with van der Waals surface area (Å²) in [6, 6.07) is 21.2. The molecule has 2 heterocycles. The van der Waals surface area contributed by atoms with Crippen molar-refractivity contribution in [3.8, 4) is 5.75 Å². The molecule has 7 heteroatoms. The molecule has 0 atom stereocenters. The number of nitrogens with one attached hydrogen (secondary N) is 1. The molecule has 0 aliphatic carbocycles. The van der Waals surface area contributed by atoms with Gasteiger partial charge in [0.15, 0.2) is 0 Å². The Kier molecular flexibility index (Phi) is 9.66. The zero-order valence-electron chi connectivity index (χ0n) is 20.7. The van der Waals surface area contributed by atoms with E-state index in [0.29, 0.717) is 38.3 Å². The summed E-state index contributed by atoms with van der Waals surface area (Å²) in [5.41, 5.74) is 2.68. The van der Waals surface area contributed by atoms with E-state index in [2.05, 4.69) is 15.2 Å².